The van der Waals surface area contributed by atoms with Gasteiger partial charge in [-0.2, -0.15) is 10.2 Å². The molecule has 2 aromatic heterocycles. The van der Waals surface area contributed by atoms with E-state index in [2.05, 4.69) is 15.5 Å². The van der Waals surface area contributed by atoms with Gasteiger partial charge in [0.15, 0.2) is 5.17 Å². The first-order valence-electron chi connectivity index (χ1n) is 14.2. The predicted molar refractivity (Wildman–Crippen MR) is 176 cm³/mol. The van der Waals surface area contributed by atoms with Crippen molar-refractivity contribution in [1.82, 2.24) is 14.7 Å². The van der Waals surface area contributed by atoms with E-state index in [4.69, 9.17) is 14.3 Å². The van der Waals surface area contributed by atoms with Gasteiger partial charge in [-0.25, -0.2) is 4.68 Å². The van der Waals surface area contributed by atoms with Gasteiger partial charge in [-0.15, -0.1) is 5.10 Å². The summed E-state index contributed by atoms with van der Waals surface area (Å²) in [6.45, 7) is 2.15. The van der Waals surface area contributed by atoms with Crippen LogP contribution in [0.5, 0.6) is 5.75 Å². The van der Waals surface area contributed by atoms with Crippen LogP contribution in [0.3, 0.4) is 0 Å². The van der Waals surface area contributed by atoms with Crippen LogP contribution in [0.15, 0.2) is 118 Å². The molecule has 1 unspecified atom stereocenters. The highest BCUT2D eigenvalue weighted by molar-refractivity contribution is 8.15. The molecule has 0 saturated carbocycles. The summed E-state index contributed by atoms with van der Waals surface area (Å²) in [6.07, 6.45) is 5.03. The molecule has 1 aliphatic heterocycles. The molecule has 1 N–H and O–H groups in total. The minimum absolute atomic E-state index is 0.0137. The van der Waals surface area contributed by atoms with E-state index in [-0.39, 0.29) is 24.8 Å². The summed E-state index contributed by atoms with van der Waals surface area (Å²) in [5.41, 5.74) is 4.98. The van der Waals surface area contributed by atoms with Crippen LogP contribution in [0.1, 0.15) is 23.3 Å². The molecule has 1 saturated heterocycles. The number of nitrogens with one attached hydrogen (secondary N) is 1. The molecule has 0 radical (unpaired) electrons. The number of aromatic nitrogens is 2. The van der Waals surface area contributed by atoms with Crippen molar-refractivity contribution in [3.8, 4) is 22.7 Å². The molecule has 0 aliphatic carbocycles. The second-order valence-electron chi connectivity index (χ2n) is 10.3. The van der Waals surface area contributed by atoms with Gasteiger partial charge in [0, 0.05) is 29.4 Å². The summed E-state index contributed by atoms with van der Waals surface area (Å²) in [5.74, 6) is 0.839. The Morgan fingerprint density at radius 3 is 2.53 bits per heavy atom. The molecule has 0 bridgehead atoms. The quantitative estimate of drug-likeness (QED) is 0.145. The number of amides is 2. The molecule has 0 spiro atoms. The monoisotopic (exact) mass is 618 g/mol. The standard InChI is InChI=1S/C34H30N6O4S/c1-23-10-14-26(15-11-23)36-31(41)19-30-33(42)39(22-29-9-6-18-44-29)34(45-30)37-35-20-25-21-40(27-7-4-3-5-8-27)38-32(25)24-12-16-28(43-2)17-13-24/h3-18,20-21,30H,19,22H2,1-2H3,(H,36,41)/b35-20+,37-34-. The molecular weight excluding hydrogens is 588 g/mol. The van der Waals surface area contributed by atoms with Crippen molar-refractivity contribution in [2.45, 2.75) is 25.1 Å². The van der Waals surface area contributed by atoms with Gasteiger partial charge >= 0.3 is 0 Å². The van der Waals surface area contributed by atoms with Gasteiger partial charge in [0.2, 0.25) is 11.8 Å². The van der Waals surface area contributed by atoms with E-state index in [0.717, 1.165) is 28.1 Å². The van der Waals surface area contributed by atoms with Crippen LogP contribution in [0, 0.1) is 6.92 Å². The summed E-state index contributed by atoms with van der Waals surface area (Å²) in [4.78, 5) is 27.8. The molecule has 6 rings (SSSR count). The Morgan fingerprint density at radius 2 is 1.82 bits per heavy atom. The molecule has 3 aromatic carbocycles. The van der Waals surface area contributed by atoms with Crippen molar-refractivity contribution in [3.05, 3.63) is 120 Å². The van der Waals surface area contributed by atoms with Crippen LogP contribution in [-0.2, 0) is 16.1 Å². The number of amidine groups is 1. The fourth-order valence-corrected chi connectivity index (χ4v) is 5.84. The number of methoxy groups -OCH3 is 1. The number of hydrogen-bond donors (Lipinski definition) is 1. The van der Waals surface area contributed by atoms with Crippen molar-refractivity contribution in [2.75, 3.05) is 12.4 Å². The van der Waals surface area contributed by atoms with Crippen molar-refractivity contribution in [1.29, 1.82) is 0 Å². The minimum atomic E-state index is -0.657. The molecule has 11 heteroatoms. The molecule has 1 aliphatic rings. The Balaban J connectivity index is 1.26. The van der Waals surface area contributed by atoms with Crippen LogP contribution in [0.25, 0.3) is 16.9 Å². The minimum Gasteiger partial charge on any atom is -0.497 e. The number of carbonyl (C=O) groups is 2. The van der Waals surface area contributed by atoms with Crippen molar-refractivity contribution >= 4 is 40.6 Å². The van der Waals surface area contributed by atoms with Gasteiger partial charge in [-0.1, -0.05) is 47.7 Å². The Hall–Kier alpha value is -5.42. The second kappa shape index (κ2) is 13.5. The highest BCUT2D eigenvalue weighted by Gasteiger charge is 2.39. The number of benzene rings is 3. The molecule has 10 nitrogen and oxygen atoms in total. The molecule has 1 atom stereocenters. The molecule has 1 fully saturated rings. The first kappa shape index (κ1) is 29.6. The molecule has 226 valence electrons. The fraction of sp³-hybridized carbons (Fsp3) is 0.147. The largest absolute Gasteiger partial charge is 0.497 e. The maximum absolute atomic E-state index is 13.5. The van der Waals surface area contributed by atoms with E-state index in [1.807, 2.05) is 92.0 Å². The average Bonchev–Trinajstić information content (AvgIpc) is 3.80. The lowest BCUT2D eigenvalue weighted by Crippen LogP contribution is -2.33. The van der Waals surface area contributed by atoms with Gasteiger partial charge in [-0.3, -0.25) is 14.5 Å². The van der Waals surface area contributed by atoms with Gasteiger partial charge < -0.3 is 14.5 Å². The van der Waals surface area contributed by atoms with Crippen molar-refractivity contribution < 1.29 is 18.7 Å². The Bertz CT molecular complexity index is 1830. The van der Waals surface area contributed by atoms with E-state index in [1.54, 1.807) is 36.4 Å². The highest BCUT2D eigenvalue weighted by atomic mass is 32.2. The maximum Gasteiger partial charge on any atom is 0.243 e. The smallest absolute Gasteiger partial charge is 0.243 e. The van der Waals surface area contributed by atoms with Crippen molar-refractivity contribution in [3.63, 3.8) is 0 Å². The maximum atomic E-state index is 13.5. The third kappa shape index (κ3) is 7.05. The van der Waals surface area contributed by atoms with E-state index < -0.39 is 5.25 Å². The van der Waals surface area contributed by atoms with E-state index in [1.165, 1.54) is 16.7 Å². The summed E-state index contributed by atoms with van der Waals surface area (Å²) in [5, 5.41) is 16.3. The number of rotatable bonds is 10. The van der Waals surface area contributed by atoms with Crippen LogP contribution >= 0.6 is 11.8 Å². The van der Waals surface area contributed by atoms with Gasteiger partial charge in [0.25, 0.3) is 0 Å². The van der Waals surface area contributed by atoms with Gasteiger partial charge in [0.1, 0.15) is 22.5 Å². The fourth-order valence-electron chi connectivity index (χ4n) is 4.75. The van der Waals surface area contributed by atoms with Crippen molar-refractivity contribution in [2.24, 2.45) is 10.2 Å². The highest BCUT2D eigenvalue weighted by Crippen LogP contribution is 2.32. The third-order valence-electron chi connectivity index (χ3n) is 7.09. The first-order chi connectivity index (χ1) is 22.0. The summed E-state index contributed by atoms with van der Waals surface area (Å²) in [7, 11) is 1.62. The number of anilines is 1. The SMILES string of the molecule is COc1ccc(-c2nn(-c3ccccc3)cc2/C=N/N=C2\SC(CC(=O)Nc3ccc(C)cc3)C(=O)N2Cc2ccco2)cc1. The number of carbonyl (C=O) groups excluding carboxylic acids is 2. The van der Waals surface area contributed by atoms with E-state index in [9.17, 15) is 9.59 Å². The lowest BCUT2D eigenvalue weighted by Gasteiger charge is -2.14. The number of furan rings is 1. The Kier molecular flexibility index (Phi) is 8.88. The summed E-state index contributed by atoms with van der Waals surface area (Å²) in [6, 6.07) is 28.4. The van der Waals surface area contributed by atoms with E-state index in [0.29, 0.717) is 22.3 Å². The normalized spacial score (nSPS) is 15.7. The second-order valence-corrected chi connectivity index (χ2v) is 11.5. The van der Waals surface area contributed by atoms with Crippen LogP contribution in [0.2, 0.25) is 0 Å². The molecule has 2 amide bonds. The molecule has 3 heterocycles. The van der Waals surface area contributed by atoms with Gasteiger partial charge in [-0.05, 0) is 67.6 Å². The Morgan fingerprint density at radius 1 is 1.04 bits per heavy atom. The number of thioether (sulfide) groups is 1. The lowest BCUT2D eigenvalue weighted by molar-refractivity contribution is -0.128. The zero-order chi connectivity index (χ0) is 31.2. The number of para-hydroxylation sites is 1. The van der Waals surface area contributed by atoms with Gasteiger partial charge in [0.05, 0.1) is 31.8 Å². The first-order valence-corrected chi connectivity index (χ1v) is 15.1. The average molecular weight is 619 g/mol. The Labute approximate surface area is 264 Å². The molecule has 5 aromatic rings. The number of aryl methyl sites for hydroxylation is 1. The topological polar surface area (TPSA) is 114 Å². The number of ether oxygens (including phenoxy) is 1. The molecule has 45 heavy (non-hydrogen) atoms. The summed E-state index contributed by atoms with van der Waals surface area (Å²) < 4.78 is 12.6. The van der Waals surface area contributed by atoms with E-state index >= 15 is 0 Å². The zero-order valence-corrected chi connectivity index (χ0v) is 25.5. The zero-order valence-electron chi connectivity index (χ0n) is 24.7. The lowest BCUT2D eigenvalue weighted by atomic mass is 10.1. The third-order valence-corrected chi connectivity index (χ3v) is 8.25. The van der Waals surface area contributed by atoms with Crippen LogP contribution in [0.4, 0.5) is 5.69 Å². The molecular formula is C34H30N6O4S. The summed E-state index contributed by atoms with van der Waals surface area (Å²) >= 11 is 1.21. The number of nitrogens with zero attached hydrogens (tertiary/aromatic N) is 5. The predicted octanol–water partition coefficient (Wildman–Crippen LogP) is 6.31. The number of hydrogen-bond acceptors (Lipinski definition) is 8. The van der Waals surface area contributed by atoms with Crippen LogP contribution < -0.4 is 10.1 Å². The van der Waals surface area contributed by atoms with Crippen LogP contribution in [-0.4, -0.2) is 50.2 Å².